The number of unbranched alkanes of at least 4 members (excludes halogenated alkanes) is 2. The summed E-state index contributed by atoms with van der Waals surface area (Å²) in [6, 6.07) is 5.51. The van der Waals surface area contributed by atoms with Gasteiger partial charge in [-0.3, -0.25) is 4.79 Å². The highest BCUT2D eigenvalue weighted by atomic mass is 79.9. The lowest BCUT2D eigenvalue weighted by Gasteiger charge is -2.06. The van der Waals surface area contributed by atoms with E-state index in [1.54, 1.807) is 0 Å². The van der Waals surface area contributed by atoms with Crippen molar-refractivity contribution in [2.75, 3.05) is 5.33 Å². The number of alkyl halides is 1. The smallest absolute Gasteiger partial charge is 0.163 e. The molecule has 0 aromatic heterocycles. The van der Waals surface area contributed by atoms with Crippen molar-refractivity contribution in [1.82, 2.24) is 0 Å². The average molecular weight is 304 g/mol. The molecule has 0 N–H and O–H groups in total. The molecule has 16 heavy (non-hydrogen) atoms. The zero-order valence-corrected chi connectivity index (χ0v) is 11.8. The van der Waals surface area contributed by atoms with Crippen LogP contribution in [-0.4, -0.2) is 11.1 Å². The Labute approximate surface area is 110 Å². The van der Waals surface area contributed by atoms with Gasteiger partial charge in [-0.25, -0.2) is 0 Å². The Morgan fingerprint density at radius 2 is 2.06 bits per heavy atom. The molecule has 0 fully saturated rings. The van der Waals surface area contributed by atoms with Crippen LogP contribution in [0.5, 0.6) is 0 Å². The number of benzene rings is 1. The molecule has 1 rings (SSSR count). The Hall–Kier alpha value is -0.340. The van der Waals surface area contributed by atoms with Crippen LogP contribution in [0.2, 0.25) is 5.02 Å². The first-order valence-electron chi connectivity index (χ1n) is 5.51. The van der Waals surface area contributed by atoms with Crippen molar-refractivity contribution >= 4 is 33.3 Å². The SMILES string of the molecule is Cc1c(Cl)cccc1C(=O)CCCCCBr. The van der Waals surface area contributed by atoms with E-state index < -0.39 is 0 Å². The highest BCUT2D eigenvalue weighted by Gasteiger charge is 2.10. The highest BCUT2D eigenvalue weighted by molar-refractivity contribution is 9.09. The second-order valence-electron chi connectivity index (χ2n) is 3.84. The van der Waals surface area contributed by atoms with Crippen molar-refractivity contribution in [3.63, 3.8) is 0 Å². The molecular weight excluding hydrogens is 287 g/mol. The second kappa shape index (κ2) is 7.08. The van der Waals surface area contributed by atoms with E-state index in [9.17, 15) is 4.79 Å². The largest absolute Gasteiger partial charge is 0.294 e. The van der Waals surface area contributed by atoms with Gasteiger partial charge < -0.3 is 0 Å². The van der Waals surface area contributed by atoms with Crippen LogP contribution >= 0.6 is 27.5 Å². The van der Waals surface area contributed by atoms with Crippen LogP contribution in [0.15, 0.2) is 18.2 Å². The lowest BCUT2D eigenvalue weighted by molar-refractivity contribution is 0.0979. The minimum atomic E-state index is 0.203. The van der Waals surface area contributed by atoms with E-state index in [0.29, 0.717) is 11.4 Å². The van der Waals surface area contributed by atoms with E-state index >= 15 is 0 Å². The van der Waals surface area contributed by atoms with E-state index in [1.165, 1.54) is 0 Å². The average Bonchev–Trinajstić information content (AvgIpc) is 2.28. The molecule has 0 aliphatic rings. The van der Waals surface area contributed by atoms with Gasteiger partial charge in [0.25, 0.3) is 0 Å². The molecule has 0 saturated carbocycles. The number of ketones is 1. The Morgan fingerprint density at radius 3 is 2.75 bits per heavy atom. The number of Topliss-reactive ketones (excluding diaryl/α,β-unsaturated/α-hetero) is 1. The van der Waals surface area contributed by atoms with Gasteiger partial charge in [0.05, 0.1) is 0 Å². The van der Waals surface area contributed by atoms with Crippen molar-refractivity contribution in [1.29, 1.82) is 0 Å². The van der Waals surface area contributed by atoms with E-state index in [4.69, 9.17) is 11.6 Å². The number of rotatable bonds is 6. The van der Waals surface area contributed by atoms with E-state index in [-0.39, 0.29) is 5.78 Å². The molecule has 0 heterocycles. The lowest BCUT2D eigenvalue weighted by Crippen LogP contribution is -2.02. The molecule has 88 valence electrons. The predicted molar refractivity (Wildman–Crippen MR) is 72.8 cm³/mol. The molecule has 0 amide bonds. The summed E-state index contributed by atoms with van der Waals surface area (Å²) >= 11 is 9.36. The molecule has 0 radical (unpaired) electrons. The standard InChI is InChI=1S/C13H16BrClO/c1-10-11(6-5-7-12(10)15)13(16)8-3-2-4-9-14/h5-7H,2-4,8-9H2,1H3. The molecule has 0 aliphatic carbocycles. The summed E-state index contributed by atoms with van der Waals surface area (Å²) < 4.78 is 0. The second-order valence-corrected chi connectivity index (χ2v) is 5.04. The minimum Gasteiger partial charge on any atom is -0.294 e. The van der Waals surface area contributed by atoms with Gasteiger partial charge >= 0.3 is 0 Å². The first kappa shape index (κ1) is 13.7. The first-order valence-corrected chi connectivity index (χ1v) is 7.01. The highest BCUT2D eigenvalue weighted by Crippen LogP contribution is 2.20. The van der Waals surface area contributed by atoms with Gasteiger partial charge in [-0.05, 0) is 31.4 Å². The van der Waals surface area contributed by atoms with Crippen molar-refractivity contribution in [2.45, 2.75) is 32.6 Å². The molecule has 0 spiro atoms. The van der Waals surface area contributed by atoms with Crippen LogP contribution in [0.3, 0.4) is 0 Å². The predicted octanol–water partition coefficient (Wildman–Crippen LogP) is 4.79. The maximum atomic E-state index is 11.9. The van der Waals surface area contributed by atoms with E-state index in [0.717, 1.165) is 35.7 Å². The normalized spacial score (nSPS) is 10.4. The van der Waals surface area contributed by atoms with Gasteiger partial charge in [0.1, 0.15) is 0 Å². The van der Waals surface area contributed by atoms with Crippen molar-refractivity contribution in [2.24, 2.45) is 0 Å². The third kappa shape index (κ3) is 3.91. The molecule has 0 atom stereocenters. The fourth-order valence-electron chi connectivity index (χ4n) is 1.60. The Kier molecular flexibility index (Phi) is 6.07. The number of carbonyl (C=O) groups is 1. The van der Waals surface area contributed by atoms with Gasteiger partial charge in [-0.2, -0.15) is 0 Å². The third-order valence-electron chi connectivity index (χ3n) is 2.61. The Bertz CT molecular complexity index is 363. The molecule has 0 bridgehead atoms. The van der Waals surface area contributed by atoms with E-state index in [2.05, 4.69) is 15.9 Å². The van der Waals surface area contributed by atoms with Crippen LogP contribution in [0.4, 0.5) is 0 Å². The van der Waals surface area contributed by atoms with Crippen molar-refractivity contribution in [3.8, 4) is 0 Å². The van der Waals surface area contributed by atoms with Crippen LogP contribution in [0, 0.1) is 6.92 Å². The molecule has 3 heteroatoms. The van der Waals surface area contributed by atoms with Gasteiger partial charge in [-0.15, -0.1) is 0 Å². The Balaban J connectivity index is 2.56. The first-order chi connectivity index (χ1) is 7.66. The summed E-state index contributed by atoms with van der Waals surface area (Å²) in [7, 11) is 0. The molecule has 0 unspecified atom stereocenters. The number of hydrogen-bond donors (Lipinski definition) is 0. The topological polar surface area (TPSA) is 17.1 Å². The Morgan fingerprint density at radius 1 is 1.31 bits per heavy atom. The molecule has 1 nitrogen and oxygen atoms in total. The zero-order chi connectivity index (χ0) is 12.0. The van der Waals surface area contributed by atoms with E-state index in [1.807, 2.05) is 25.1 Å². The number of halogens is 2. The summed E-state index contributed by atoms with van der Waals surface area (Å²) in [6.45, 7) is 1.90. The molecule has 1 aromatic carbocycles. The van der Waals surface area contributed by atoms with Crippen LogP contribution in [-0.2, 0) is 0 Å². The molecule has 0 aliphatic heterocycles. The molecule has 0 saturated heterocycles. The van der Waals surface area contributed by atoms with Crippen molar-refractivity contribution in [3.05, 3.63) is 34.3 Å². The third-order valence-corrected chi connectivity index (χ3v) is 3.58. The van der Waals surface area contributed by atoms with Gasteiger partial charge in [0.15, 0.2) is 5.78 Å². The summed E-state index contributed by atoms with van der Waals surface area (Å²) in [5.74, 6) is 0.203. The van der Waals surface area contributed by atoms with Gasteiger partial charge in [0.2, 0.25) is 0 Å². The minimum absolute atomic E-state index is 0.203. The van der Waals surface area contributed by atoms with Gasteiger partial charge in [-0.1, -0.05) is 46.1 Å². The maximum Gasteiger partial charge on any atom is 0.163 e. The van der Waals surface area contributed by atoms with Crippen LogP contribution in [0.1, 0.15) is 41.6 Å². The summed E-state index contributed by atoms with van der Waals surface area (Å²) in [4.78, 5) is 11.9. The zero-order valence-electron chi connectivity index (χ0n) is 9.43. The fraction of sp³-hybridized carbons (Fsp3) is 0.462. The number of carbonyl (C=O) groups excluding carboxylic acids is 1. The van der Waals surface area contributed by atoms with Gasteiger partial charge in [0, 0.05) is 22.3 Å². The monoisotopic (exact) mass is 302 g/mol. The quantitative estimate of drug-likeness (QED) is 0.420. The summed E-state index contributed by atoms with van der Waals surface area (Å²) in [6.07, 6.45) is 3.79. The fourth-order valence-corrected chi connectivity index (χ4v) is 2.17. The van der Waals surface area contributed by atoms with Crippen LogP contribution in [0.25, 0.3) is 0 Å². The number of hydrogen-bond acceptors (Lipinski definition) is 1. The maximum absolute atomic E-state index is 11.9. The van der Waals surface area contributed by atoms with Crippen LogP contribution < -0.4 is 0 Å². The summed E-state index contributed by atoms with van der Waals surface area (Å²) in [5.41, 5.74) is 1.67. The molecular formula is C13H16BrClO. The lowest BCUT2D eigenvalue weighted by atomic mass is 10.0. The summed E-state index contributed by atoms with van der Waals surface area (Å²) in [5, 5.41) is 1.68. The van der Waals surface area contributed by atoms with Crippen molar-refractivity contribution < 1.29 is 4.79 Å². The molecule has 1 aromatic rings.